The van der Waals surface area contributed by atoms with Crippen LogP contribution in [0.15, 0.2) is 66.8 Å². The summed E-state index contributed by atoms with van der Waals surface area (Å²) in [6.07, 6.45) is 15.2. The van der Waals surface area contributed by atoms with Crippen LogP contribution in [0.3, 0.4) is 0 Å². The number of carboxylic acid groups (broad SMARTS) is 1. The van der Waals surface area contributed by atoms with Gasteiger partial charge in [-0.3, -0.25) is 0 Å². The minimum Gasteiger partial charge on any atom is -0.478 e. The Labute approximate surface area is 205 Å². The van der Waals surface area contributed by atoms with E-state index in [2.05, 4.69) is 97.0 Å². The third-order valence-electron chi connectivity index (χ3n) is 7.03. The fraction of sp³-hybridized carbons (Fsp3) is 0.344. The van der Waals surface area contributed by atoms with Gasteiger partial charge in [0.05, 0.1) is 0 Å². The highest BCUT2D eigenvalue weighted by molar-refractivity contribution is 5.83. The molecule has 1 N–H and O–H groups in total. The molecular formula is C32H38O2. The summed E-state index contributed by atoms with van der Waals surface area (Å²) in [7, 11) is 0. The van der Waals surface area contributed by atoms with Crippen molar-refractivity contribution in [2.45, 2.75) is 72.1 Å². The Morgan fingerprint density at radius 3 is 2.06 bits per heavy atom. The lowest BCUT2D eigenvalue weighted by molar-refractivity contribution is -0.131. The molecule has 1 aliphatic carbocycles. The van der Waals surface area contributed by atoms with Gasteiger partial charge < -0.3 is 5.11 Å². The maximum atomic E-state index is 10.7. The van der Waals surface area contributed by atoms with E-state index in [1.165, 1.54) is 51.8 Å². The lowest BCUT2D eigenvalue weighted by atomic mass is 9.63. The maximum absolute atomic E-state index is 10.7. The Balaban J connectivity index is 2.04. The summed E-state index contributed by atoms with van der Waals surface area (Å²) in [5, 5.41) is 8.82. The van der Waals surface area contributed by atoms with E-state index in [0.717, 1.165) is 11.6 Å². The quantitative estimate of drug-likeness (QED) is 0.352. The molecule has 0 saturated heterocycles. The van der Waals surface area contributed by atoms with Crippen LogP contribution in [-0.2, 0) is 15.6 Å². The van der Waals surface area contributed by atoms with E-state index in [9.17, 15) is 4.79 Å². The van der Waals surface area contributed by atoms with Crippen LogP contribution in [0.1, 0.15) is 79.5 Å². The van der Waals surface area contributed by atoms with Gasteiger partial charge >= 0.3 is 5.97 Å². The Morgan fingerprint density at radius 1 is 0.824 bits per heavy atom. The largest absolute Gasteiger partial charge is 0.478 e. The second-order valence-electron chi connectivity index (χ2n) is 10.9. The van der Waals surface area contributed by atoms with Gasteiger partial charge in [0.25, 0.3) is 0 Å². The zero-order valence-electron chi connectivity index (χ0n) is 21.7. The lowest BCUT2D eigenvalue weighted by Crippen LogP contribution is -2.33. The Hall–Kier alpha value is -3.13. The summed E-state index contributed by atoms with van der Waals surface area (Å²) in [4.78, 5) is 10.7. The first-order valence-corrected chi connectivity index (χ1v) is 12.1. The van der Waals surface area contributed by atoms with Crippen molar-refractivity contribution in [3.05, 3.63) is 106 Å². The summed E-state index contributed by atoms with van der Waals surface area (Å²) < 4.78 is 0. The zero-order valence-corrected chi connectivity index (χ0v) is 21.7. The second kappa shape index (κ2) is 10.0. The van der Waals surface area contributed by atoms with E-state index >= 15 is 0 Å². The van der Waals surface area contributed by atoms with Crippen LogP contribution in [0.25, 0.3) is 11.6 Å². The van der Waals surface area contributed by atoms with E-state index in [0.29, 0.717) is 0 Å². The lowest BCUT2D eigenvalue weighted by Gasteiger charge is -2.42. The van der Waals surface area contributed by atoms with Gasteiger partial charge in [0.1, 0.15) is 0 Å². The van der Waals surface area contributed by atoms with Crippen LogP contribution < -0.4 is 0 Å². The number of fused-ring (bicyclic) bond motifs is 1. The number of hydrogen-bond donors (Lipinski definition) is 1. The molecule has 0 aromatic heterocycles. The molecule has 2 nitrogen and oxygen atoms in total. The van der Waals surface area contributed by atoms with Gasteiger partial charge in [-0.1, -0.05) is 100 Å². The van der Waals surface area contributed by atoms with Crippen molar-refractivity contribution in [2.75, 3.05) is 0 Å². The van der Waals surface area contributed by atoms with Crippen LogP contribution in [0.2, 0.25) is 0 Å². The van der Waals surface area contributed by atoms with Crippen molar-refractivity contribution in [2.24, 2.45) is 0 Å². The molecule has 1 aliphatic rings. The average molecular weight is 455 g/mol. The molecule has 0 spiro atoms. The number of carboxylic acids is 1. The predicted octanol–water partition coefficient (Wildman–Crippen LogP) is 8.25. The first-order valence-electron chi connectivity index (χ1n) is 12.1. The van der Waals surface area contributed by atoms with Crippen LogP contribution >= 0.6 is 0 Å². The maximum Gasteiger partial charge on any atom is 0.328 e. The molecular weight excluding hydrogens is 416 g/mol. The molecule has 34 heavy (non-hydrogen) atoms. The summed E-state index contributed by atoms with van der Waals surface area (Å²) in [5.74, 6) is -0.947. The van der Waals surface area contributed by atoms with Crippen molar-refractivity contribution >= 4 is 17.6 Å². The highest BCUT2D eigenvalue weighted by atomic mass is 16.4. The standard InChI is InChI=1S/C32H38O2/c1-22-19-23(2)30(24(3)20-22)26(11-9-8-10-12-29(33)34)15-13-25-14-16-27-28(21-25)32(6,7)18-17-31(27,4)5/h8-16,19-21H,17-18H2,1-7H3,(H,33,34)/b9-8+,12-10+,15-13+,26-11-. The summed E-state index contributed by atoms with van der Waals surface area (Å²) in [6.45, 7) is 15.8. The highest BCUT2D eigenvalue weighted by Gasteiger charge is 2.36. The number of benzene rings is 2. The summed E-state index contributed by atoms with van der Waals surface area (Å²) in [6, 6.07) is 11.3. The molecule has 3 rings (SSSR count). The molecule has 0 atom stereocenters. The SMILES string of the molecule is Cc1cc(C)c(C(=C\C=C\C=C\C(=O)O)/C=C/c2ccc3c(c2)C(C)(C)CCC3(C)C)c(C)c1. The predicted molar refractivity (Wildman–Crippen MR) is 145 cm³/mol. The number of aliphatic carboxylic acids is 1. The Bertz CT molecular complexity index is 1180. The Morgan fingerprint density at radius 2 is 1.44 bits per heavy atom. The van der Waals surface area contributed by atoms with Crippen molar-refractivity contribution < 1.29 is 9.90 Å². The highest BCUT2D eigenvalue weighted by Crippen LogP contribution is 2.46. The molecule has 0 bridgehead atoms. The van der Waals surface area contributed by atoms with Gasteiger partial charge in [0.15, 0.2) is 0 Å². The molecule has 2 heteroatoms. The smallest absolute Gasteiger partial charge is 0.328 e. The number of hydrogen-bond acceptors (Lipinski definition) is 1. The van der Waals surface area contributed by atoms with Crippen LogP contribution in [0, 0.1) is 20.8 Å². The van der Waals surface area contributed by atoms with E-state index in [-0.39, 0.29) is 10.8 Å². The third-order valence-corrected chi connectivity index (χ3v) is 7.03. The molecule has 0 unspecified atom stereocenters. The molecule has 0 saturated carbocycles. The van der Waals surface area contributed by atoms with Crippen LogP contribution in [0.4, 0.5) is 0 Å². The van der Waals surface area contributed by atoms with Crippen molar-refractivity contribution in [1.82, 2.24) is 0 Å². The van der Waals surface area contributed by atoms with Gasteiger partial charge in [-0.25, -0.2) is 4.79 Å². The van der Waals surface area contributed by atoms with Gasteiger partial charge in [-0.05, 0) is 83.4 Å². The van der Waals surface area contributed by atoms with Gasteiger partial charge in [-0.2, -0.15) is 0 Å². The van der Waals surface area contributed by atoms with Gasteiger partial charge in [0, 0.05) is 6.08 Å². The van der Waals surface area contributed by atoms with Crippen molar-refractivity contribution in [3.8, 4) is 0 Å². The first kappa shape index (κ1) is 25.5. The number of carbonyl (C=O) groups is 1. The molecule has 2 aromatic rings. The third kappa shape index (κ3) is 5.86. The normalized spacial score (nSPS) is 17.6. The van der Waals surface area contributed by atoms with Gasteiger partial charge in [-0.15, -0.1) is 0 Å². The molecule has 0 amide bonds. The van der Waals surface area contributed by atoms with E-state index in [4.69, 9.17) is 5.11 Å². The molecule has 0 radical (unpaired) electrons. The molecule has 0 aliphatic heterocycles. The minimum absolute atomic E-state index is 0.177. The molecule has 0 fully saturated rings. The molecule has 2 aromatic carbocycles. The van der Waals surface area contributed by atoms with Crippen molar-refractivity contribution in [1.29, 1.82) is 0 Å². The van der Waals surface area contributed by atoms with E-state index in [1.54, 1.807) is 12.2 Å². The zero-order chi connectivity index (χ0) is 25.1. The van der Waals surface area contributed by atoms with Crippen LogP contribution in [0.5, 0.6) is 0 Å². The second-order valence-corrected chi connectivity index (χ2v) is 10.9. The van der Waals surface area contributed by atoms with Crippen molar-refractivity contribution in [3.63, 3.8) is 0 Å². The van der Waals surface area contributed by atoms with Gasteiger partial charge in [0.2, 0.25) is 0 Å². The number of aryl methyl sites for hydroxylation is 3. The Kier molecular flexibility index (Phi) is 7.51. The number of allylic oxidation sites excluding steroid dienone is 6. The molecule has 178 valence electrons. The fourth-order valence-corrected chi connectivity index (χ4v) is 5.11. The fourth-order valence-electron chi connectivity index (χ4n) is 5.11. The van der Waals surface area contributed by atoms with E-state index in [1.807, 2.05) is 6.08 Å². The molecule has 0 heterocycles. The summed E-state index contributed by atoms with van der Waals surface area (Å²) in [5.41, 5.74) is 10.6. The first-order chi connectivity index (χ1) is 15.9. The minimum atomic E-state index is -0.947. The topological polar surface area (TPSA) is 37.3 Å². The number of rotatable bonds is 6. The van der Waals surface area contributed by atoms with Crippen LogP contribution in [-0.4, -0.2) is 11.1 Å². The summed E-state index contributed by atoms with van der Waals surface area (Å²) >= 11 is 0. The van der Waals surface area contributed by atoms with E-state index < -0.39 is 5.97 Å². The average Bonchev–Trinajstić information content (AvgIpc) is 2.73. The monoisotopic (exact) mass is 454 g/mol.